The van der Waals surface area contributed by atoms with Gasteiger partial charge in [0, 0.05) is 68.9 Å². The lowest BCUT2D eigenvalue weighted by molar-refractivity contribution is -0.165. The summed E-state index contributed by atoms with van der Waals surface area (Å²) in [4.78, 5) is 38.6. The number of nitrogens with zero attached hydrogens (tertiary/aromatic N) is 6. The van der Waals surface area contributed by atoms with E-state index < -0.39 is 0 Å². The lowest BCUT2D eigenvalue weighted by Gasteiger charge is -2.48. The van der Waals surface area contributed by atoms with Gasteiger partial charge in [-0.3, -0.25) is 9.69 Å². The normalized spacial score (nSPS) is 26.5. The number of hydroxylamine groups is 2. The molecule has 50 heavy (non-hydrogen) atoms. The molecule has 2 bridgehead atoms. The molecular formula is C38H47N7O5. The molecule has 2 unspecified atom stereocenters. The number of piperazine rings is 1. The number of carbonyl (C=O) groups is 2. The summed E-state index contributed by atoms with van der Waals surface area (Å²) in [5.41, 5.74) is 9.05. The van der Waals surface area contributed by atoms with Crippen LogP contribution in [0, 0.1) is 5.92 Å². The van der Waals surface area contributed by atoms with E-state index in [9.17, 15) is 14.7 Å². The van der Waals surface area contributed by atoms with Crippen LogP contribution in [0.2, 0.25) is 0 Å². The van der Waals surface area contributed by atoms with E-state index in [0.717, 1.165) is 83.2 Å². The first-order chi connectivity index (χ1) is 24.4. The average Bonchev–Trinajstić information content (AvgIpc) is 3.39. The van der Waals surface area contributed by atoms with Crippen LogP contribution in [0.5, 0.6) is 5.75 Å². The van der Waals surface area contributed by atoms with Crippen LogP contribution in [-0.4, -0.2) is 112 Å². The Morgan fingerprint density at radius 2 is 1.46 bits per heavy atom. The second-order valence-corrected chi connectivity index (χ2v) is 14.6. The number of aromatic nitrogens is 2. The van der Waals surface area contributed by atoms with E-state index in [-0.39, 0.29) is 29.8 Å². The van der Waals surface area contributed by atoms with Crippen molar-refractivity contribution in [3.63, 3.8) is 0 Å². The number of hydrogen-bond acceptors (Lipinski definition) is 11. The summed E-state index contributed by atoms with van der Waals surface area (Å²) < 4.78 is 6.37. The fraction of sp³-hybridized carbons (Fsp3) is 0.526. The van der Waals surface area contributed by atoms with Gasteiger partial charge in [-0.05, 0) is 81.7 Å². The Hall–Kier alpha value is -4.26. The fourth-order valence-corrected chi connectivity index (χ4v) is 8.79. The van der Waals surface area contributed by atoms with Crippen LogP contribution in [-0.2, 0) is 14.4 Å². The zero-order valence-electron chi connectivity index (χ0n) is 28.5. The summed E-state index contributed by atoms with van der Waals surface area (Å²) in [7, 11) is 0. The minimum Gasteiger partial charge on any atom is -0.507 e. The number of piperidine rings is 2. The van der Waals surface area contributed by atoms with Crippen LogP contribution in [0.15, 0.2) is 60.7 Å². The molecule has 3 N–H and O–H groups in total. The third kappa shape index (κ3) is 6.76. The molecule has 12 heteroatoms. The monoisotopic (exact) mass is 681 g/mol. The van der Waals surface area contributed by atoms with Crippen molar-refractivity contribution in [3.8, 4) is 17.0 Å². The number of benzene rings is 2. The molecule has 0 spiro atoms. The molecule has 5 heterocycles. The number of phenolic OH excluding ortho intramolecular Hbond substituents is 1. The molecule has 5 fully saturated rings. The van der Waals surface area contributed by atoms with Crippen molar-refractivity contribution in [1.29, 1.82) is 0 Å². The second kappa shape index (κ2) is 14.2. The van der Waals surface area contributed by atoms with Gasteiger partial charge < -0.3 is 30.2 Å². The molecular weight excluding hydrogens is 634 g/mol. The van der Waals surface area contributed by atoms with E-state index in [0.29, 0.717) is 59.8 Å². The predicted molar refractivity (Wildman–Crippen MR) is 188 cm³/mol. The van der Waals surface area contributed by atoms with Gasteiger partial charge in [-0.1, -0.05) is 30.3 Å². The zero-order valence-corrected chi connectivity index (χ0v) is 28.5. The molecule has 0 radical (unpaired) electrons. The van der Waals surface area contributed by atoms with Crippen molar-refractivity contribution in [2.24, 2.45) is 5.92 Å². The van der Waals surface area contributed by atoms with Gasteiger partial charge >= 0.3 is 5.97 Å². The Morgan fingerprint density at radius 3 is 2.16 bits per heavy atom. The number of rotatable bonds is 8. The van der Waals surface area contributed by atoms with Crippen LogP contribution >= 0.6 is 0 Å². The van der Waals surface area contributed by atoms with E-state index in [2.05, 4.69) is 24.9 Å². The third-order valence-corrected chi connectivity index (χ3v) is 11.5. The van der Waals surface area contributed by atoms with Crippen molar-refractivity contribution in [2.75, 3.05) is 49.9 Å². The number of amides is 1. The lowest BCUT2D eigenvalue weighted by Crippen LogP contribution is -2.60. The highest BCUT2D eigenvalue weighted by Gasteiger charge is 2.46. The Bertz CT molecular complexity index is 1660. The van der Waals surface area contributed by atoms with Gasteiger partial charge in [0.15, 0.2) is 5.82 Å². The van der Waals surface area contributed by atoms with E-state index in [1.165, 1.54) is 0 Å². The number of carbonyl (C=O) groups excluding carboxylic acids is 2. The molecule has 3 aromatic rings. The van der Waals surface area contributed by atoms with Crippen LogP contribution in [0.1, 0.15) is 61.7 Å². The minimum absolute atomic E-state index is 0.0605. The summed E-state index contributed by atoms with van der Waals surface area (Å²) in [6.45, 7) is 4.70. The fourth-order valence-electron chi connectivity index (χ4n) is 8.79. The van der Waals surface area contributed by atoms with Crippen molar-refractivity contribution in [1.82, 2.24) is 25.1 Å². The summed E-state index contributed by atoms with van der Waals surface area (Å²) in [5.74, 6) is 0.620. The third-order valence-electron chi connectivity index (χ3n) is 11.5. The number of hydrogen-bond donors (Lipinski definition) is 2. The van der Waals surface area contributed by atoms with Gasteiger partial charge in [-0.15, -0.1) is 15.3 Å². The summed E-state index contributed by atoms with van der Waals surface area (Å²) in [5, 5.41) is 20.6. The highest BCUT2D eigenvalue weighted by atomic mass is 16.7. The maximum atomic E-state index is 13.4. The van der Waals surface area contributed by atoms with Gasteiger partial charge in [0.1, 0.15) is 5.75 Å². The van der Waals surface area contributed by atoms with Crippen LogP contribution in [0.4, 0.5) is 11.5 Å². The molecule has 12 nitrogen and oxygen atoms in total. The molecule has 264 valence electrons. The molecule has 2 aromatic carbocycles. The molecule has 4 saturated heterocycles. The lowest BCUT2D eigenvalue weighted by atomic mass is 9.80. The van der Waals surface area contributed by atoms with Gasteiger partial charge in [0.2, 0.25) is 5.91 Å². The number of likely N-dealkylation sites (tertiary alicyclic amines) is 1. The second-order valence-electron chi connectivity index (χ2n) is 14.6. The Labute approximate surface area is 293 Å². The summed E-state index contributed by atoms with van der Waals surface area (Å²) >= 11 is 0. The van der Waals surface area contributed by atoms with Gasteiger partial charge in [0.25, 0.3) is 0 Å². The largest absolute Gasteiger partial charge is 0.507 e. The van der Waals surface area contributed by atoms with E-state index in [1.807, 2.05) is 36.4 Å². The summed E-state index contributed by atoms with van der Waals surface area (Å²) in [6.07, 6.45) is 7.83. The molecule has 1 saturated carbocycles. The van der Waals surface area contributed by atoms with Crippen LogP contribution in [0.3, 0.4) is 0 Å². The first-order valence-electron chi connectivity index (χ1n) is 18.3. The summed E-state index contributed by atoms with van der Waals surface area (Å²) in [6, 6.07) is 19.6. The number of anilines is 2. The molecule has 2 atom stereocenters. The molecule has 1 amide bonds. The van der Waals surface area contributed by atoms with Gasteiger partial charge in [0.05, 0.1) is 29.2 Å². The number of nitrogens with two attached hydrogens (primary N) is 1. The smallest absolute Gasteiger partial charge is 0.357 e. The molecule has 8 rings (SSSR count). The number of aromatic hydroxyl groups is 1. The van der Waals surface area contributed by atoms with Crippen molar-refractivity contribution < 1.29 is 24.3 Å². The van der Waals surface area contributed by atoms with Gasteiger partial charge in [-0.2, -0.15) is 0 Å². The van der Waals surface area contributed by atoms with E-state index in [1.54, 1.807) is 29.3 Å². The zero-order chi connectivity index (χ0) is 34.2. The number of fused-ring (bicyclic) bond motifs is 2. The van der Waals surface area contributed by atoms with E-state index >= 15 is 0 Å². The molecule has 4 aliphatic heterocycles. The van der Waals surface area contributed by atoms with Gasteiger partial charge in [-0.25, -0.2) is 4.79 Å². The average molecular weight is 682 g/mol. The molecule has 5 aliphatic rings. The maximum Gasteiger partial charge on any atom is 0.357 e. The van der Waals surface area contributed by atoms with Crippen molar-refractivity contribution in [3.05, 3.63) is 66.2 Å². The minimum atomic E-state index is -0.324. The van der Waals surface area contributed by atoms with E-state index in [4.69, 9.17) is 15.3 Å². The van der Waals surface area contributed by atoms with Crippen LogP contribution < -0.4 is 10.6 Å². The van der Waals surface area contributed by atoms with Crippen molar-refractivity contribution >= 4 is 23.4 Å². The number of ether oxygens (including phenoxy) is 1. The number of nitrogen functional groups attached to an aromatic ring is 1. The highest BCUT2D eigenvalue weighted by molar-refractivity contribution is 5.89. The maximum absolute atomic E-state index is 13.4. The number of para-hydroxylation sites is 1. The Balaban J connectivity index is 0.775. The molecule has 1 aromatic heterocycles. The Morgan fingerprint density at radius 1 is 0.780 bits per heavy atom. The Kier molecular flexibility index (Phi) is 9.32. The predicted octanol–water partition coefficient (Wildman–Crippen LogP) is 4.11. The SMILES string of the molecule is Nc1nnc(-c2ccccc2O)cc1N1CC2CCC(C1)N2C1CCN(C(=O)[C@H]2C[C@H](OC3CCN(OC(=O)c4ccccc4)CC3)C2)CC1. The first kappa shape index (κ1) is 32.9. The number of phenols is 1. The first-order valence-corrected chi connectivity index (χ1v) is 18.3. The van der Waals surface area contributed by atoms with Crippen molar-refractivity contribution in [2.45, 2.75) is 81.7 Å². The topological polar surface area (TPSA) is 138 Å². The standard InChI is InChI=1S/C38H47N7O5/c39-36-34(22-33(40-41-36)32-8-4-5-9-35(32)46)43-23-28-10-11-29(24-43)45(28)27-12-16-42(17-13-27)37(47)26-20-31(21-26)49-30-14-18-44(19-15-30)50-38(48)25-6-2-1-3-7-25/h1-9,22,26-31,46H,10-21,23-24H2,(H2,39,41)/t26-,28?,29?,31-. The quantitative estimate of drug-likeness (QED) is 0.356. The van der Waals surface area contributed by atoms with Crippen LogP contribution in [0.25, 0.3) is 11.3 Å². The highest BCUT2D eigenvalue weighted by Crippen LogP contribution is 2.40. The molecule has 1 aliphatic carbocycles.